The Balaban J connectivity index is 2.85. The van der Waals surface area contributed by atoms with E-state index in [4.69, 9.17) is 11.6 Å². The van der Waals surface area contributed by atoms with Gasteiger partial charge in [-0.1, -0.05) is 37.6 Å². The molecule has 0 saturated heterocycles. The van der Waals surface area contributed by atoms with Gasteiger partial charge >= 0.3 is 0 Å². The summed E-state index contributed by atoms with van der Waals surface area (Å²) in [4.78, 5) is 11.2. The van der Waals surface area contributed by atoms with Crippen LogP contribution in [0, 0.1) is 13.8 Å². The summed E-state index contributed by atoms with van der Waals surface area (Å²) in [5, 5.41) is 2.84. The Morgan fingerprint density at radius 1 is 1.35 bits per heavy atom. The molecule has 0 heterocycles. The molecule has 0 saturated carbocycles. The van der Waals surface area contributed by atoms with Crippen LogP contribution in [0.15, 0.2) is 18.2 Å². The zero-order valence-corrected chi connectivity index (χ0v) is 11.7. The predicted molar refractivity (Wildman–Crippen MR) is 72.7 cm³/mol. The minimum atomic E-state index is -0.121. The zero-order valence-electron chi connectivity index (χ0n) is 10.9. The van der Waals surface area contributed by atoms with Crippen LogP contribution in [0.4, 0.5) is 0 Å². The van der Waals surface area contributed by atoms with Gasteiger partial charge in [-0.15, -0.1) is 11.6 Å². The molecule has 0 aliphatic carbocycles. The maximum Gasteiger partial charge on any atom is 0.234 e. The first-order valence-electron chi connectivity index (χ1n) is 5.77. The molecule has 0 unspecified atom stereocenters. The lowest BCUT2D eigenvalue weighted by Crippen LogP contribution is -2.37. The lowest BCUT2D eigenvalue weighted by Gasteiger charge is -2.27. The highest BCUT2D eigenvalue weighted by Crippen LogP contribution is 2.26. The van der Waals surface area contributed by atoms with Gasteiger partial charge in [0.1, 0.15) is 5.88 Å². The van der Waals surface area contributed by atoms with Gasteiger partial charge in [0, 0.05) is 12.0 Å². The van der Waals surface area contributed by atoms with E-state index in [1.807, 2.05) is 0 Å². The third-order valence-corrected chi connectivity index (χ3v) is 3.20. The second-order valence-electron chi connectivity index (χ2n) is 5.11. The molecule has 1 N–H and O–H groups in total. The number of benzene rings is 1. The van der Waals surface area contributed by atoms with Crippen LogP contribution in [0.25, 0.3) is 0 Å². The first-order chi connectivity index (χ1) is 7.86. The Hall–Kier alpha value is -1.02. The fourth-order valence-electron chi connectivity index (χ4n) is 2.03. The number of hydrogen-bond acceptors (Lipinski definition) is 1. The van der Waals surface area contributed by atoms with Crippen molar-refractivity contribution >= 4 is 17.5 Å². The van der Waals surface area contributed by atoms with E-state index in [1.165, 1.54) is 16.7 Å². The van der Waals surface area contributed by atoms with Crippen molar-refractivity contribution in [2.24, 2.45) is 0 Å². The van der Waals surface area contributed by atoms with Crippen LogP contribution in [0.1, 0.15) is 30.5 Å². The van der Waals surface area contributed by atoms with Crippen molar-refractivity contribution in [3.63, 3.8) is 0 Å². The van der Waals surface area contributed by atoms with Gasteiger partial charge in [0.05, 0.1) is 0 Å². The van der Waals surface area contributed by atoms with Gasteiger partial charge in [-0.05, 0) is 25.0 Å². The summed E-state index contributed by atoms with van der Waals surface area (Å²) >= 11 is 5.47. The molecule has 0 radical (unpaired) electrons. The lowest BCUT2D eigenvalue weighted by atomic mass is 9.81. The zero-order chi connectivity index (χ0) is 13.1. The molecule has 94 valence electrons. The minimum absolute atomic E-state index is 0.0168. The van der Waals surface area contributed by atoms with E-state index in [1.54, 1.807) is 0 Å². The van der Waals surface area contributed by atoms with Gasteiger partial charge in [-0.3, -0.25) is 4.79 Å². The average molecular weight is 254 g/mol. The number of rotatable bonds is 4. The number of halogens is 1. The van der Waals surface area contributed by atoms with Crippen LogP contribution in [-0.2, 0) is 10.2 Å². The summed E-state index contributed by atoms with van der Waals surface area (Å²) in [5.74, 6) is -0.104. The molecule has 1 rings (SSSR count). The van der Waals surface area contributed by atoms with E-state index in [0.717, 1.165) is 0 Å². The summed E-state index contributed by atoms with van der Waals surface area (Å²) in [5.41, 5.74) is 3.69. The van der Waals surface area contributed by atoms with E-state index in [2.05, 4.69) is 51.2 Å². The molecule has 0 spiro atoms. The Bertz CT molecular complexity index is 413. The van der Waals surface area contributed by atoms with Crippen LogP contribution in [0.5, 0.6) is 0 Å². The van der Waals surface area contributed by atoms with Gasteiger partial charge in [0.25, 0.3) is 0 Å². The highest BCUT2D eigenvalue weighted by atomic mass is 35.5. The molecule has 0 fully saturated rings. The largest absolute Gasteiger partial charge is 0.354 e. The van der Waals surface area contributed by atoms with Crippen molar-refractivity contribution in [3.05, 3.63) is 34.9 Å². The Labute approximate surface area is 108 Å². The third kappa shape index (κ3) is 3.74. The Morgan fingerprint density at radius 2 is 2.00 bits per heavy atom. The molecule has 0 aliphatic heterocycles. The van der Waals surface area contributed by atoms with Crippen molar-refractivity contribution < 1.29 is 4.79 Å². The average Bonchev–Trinajstić information content (AvgIpc) is 2.25. The molecule has 0 atom stereocenters. The molecule has 1 amide bonds. The van der Waals surface area contributed by atoms with Crippen LogP contribution >= 0.6 is 11.6 Å². The molecule has 17 heavy (non-hydrogen) atoms. The molecule has 1 aromatic carbocycles. The second-order valence-corrected chi connectivity index (χ2v) is 5.38. The number of hydrogen-bond donors (Lipinski definition) is 1. The highest BCUT2D eigenvalue weighted by Gasteiger charge is 2.22. The second kappa shape index (κ2) is 5.54. The number of carbonyl (C=O) groups is 1. The maximum atomic E-state index is 11.2. The van der Waals surface area contributed by atoms with E-state index in [0.29, 0.717) is 6.54 Å². The molecule has 3 heteroatoms. The summed E-state index contributed by atoms with van der Waals surface area (Å²) in [6, 6.07) is 6.41. The number of aryl methyl sites for hydroxylation is 2. The molecule has 1 aromatic rings. The number of amides is 1. The number of carbonyl (C=O) groups excluding carboxylic acids is 1. The predicted octanol–water partition coefficient (Wildman–Crippen LogP) is 2.94. The van der Waals surface area contributed by atoms with Gasteiger partial charge in [-0.25, -0.2) is 0 Å². The smallest absolute Gasteiger partial charge is 0.234 e. The molecule has 0 aliphatic rings. The summed E-state index contributed by atoms with van der Waals surface area (Å²) in [6.45, 7) is 9.04. The van der Waals surface area contributed by atoms with E-state index >= 15 is 0 Å². The quantitative estimate of drug-likeness (QED) is 0.822. The Kier molecular flexibility index (Phi) is 4.58. The van der Waals surface area contributed by atoms with Crippen LogP contribution < -0.4 is 5.32 Å². The van der Waals surface area contributed by atoms with Crippen molar-refractivity contribution in [2.45, 2.75) is 33.1 Å². The van der Waals surface area contributed by atoms with Crippen LogP contribution in [0.2, 0.25) is 0 Å². The topological polar surface area (TPSA) is 29.1 Å². The van der Waals surface area contributed by atoms with Crippen molar-refractivity contribution in [2.75, 3.05) is 12.4 Å². The molecular weight excluding hydrogens is 234 g/mol. The monoisotopic (exact) mass is 253 g/mol. The van der Waals surface area contributed by atoms with Crippen molar-refractivity contribution in [1.82, 2.24) is 5.32 Å². The van der Waals surface area contributed by atoms with E-state index in [9.17, 15) is 4.79 Å². The molecule has 0 aromatic heterocycles. The fraction of sp³-hybridized carbons (Fsp3) is 0.500. The van der Waals surface area contributed by atoms with Gasteiger partial charge in [0.2, 0.25) is 5.91 Å². The van der Waals surface area contributed by atoms with Gasteiger partial charge < -0.3 is 5.32 Å². The maximum absolute atomic E-state index is 11.2. The van der Waals surface area contributed by atoms with E-state index < -0.39 is 0 Å². The van der Waals surface area contributed by atoms with Crippen molar-refractivity contribution in [1.29, 1.82) is 0 Å². The van der Waals surface area contributed by atoms with Gasteiger partial charge in [0.15, 0.2) is 0 Å². The number of nitrogens with one attached hydrogen (secondary N) is 1. The third-order valence-electron chi connectivity index (χ3n) is 2.96. The molecular formula is C14H20ClNO. The number of alkyl halides is 1. The summed E-state index contributed by atoms with van der Waals surface area (Å²) in [6.07, 6.45) is 0. The first kappa shape index (κ1) is 14.0. The van der Waals surface area contributed by atoms with Crippen LogP contribution in [-0.4, -0.2) is 18.3 Å². The Morgan fingerprint density at radius 3 is 2.53 bits per heavy atom. The highest BCUT2D eigenvalue weighted by molar-refractivity contribution is 6.27. The van der Waals surface area contributed by atoms with Gasteiger partial charge in [-0.2, -0.15) is 0 Å². The fourth-order valence-corrected chi connectivity index (χ4v) is 2.13. The minimum Gasteiger partial charge on any atom is -0.354 e. The molecule has 2 nitrogen and oxygen atoms in total. The normalized spacial score (nSPS) is 11.4. The first-order valence-corrected chi connectivity index (χ1v) is 6.30. The van der Waals surface area contributed by atoms with Crippen LogP contribution in [0.3, 0.4) is 0 Å². The van der Waals surface area contributed by atoms with E-state index in [-0.39, 0.29) is 17.2 Å². The lowest BCUT2D eigenvalue weighted by molar-refractivity contribution is -0.118. The summed E-state index contributed by atoms with van der Waals surface area (Å²) < 4.78 is 0. The standard InChI is InChI=1S/C14H20ClNO/c1-10-5-6-12(11(2)7-10)14(3,4)9-16-13(17)8-15/h5-7H,8-9H2,1-4H3,(H,16,17). The van der Waals surface area contributed by atoms with Crippen molar-refractivity contribution in [3.8, 4) is 0 Å². The SMILES string of the molecule is Cc1ccc(C(C)(C)CNC(=O)CCl)c(C)c1. The summed E-state index contributed by atoms with van der Waals surface area (Å²) in [7, 11) is 0. The molecule has 0 bridgehead atoms.